The van der Waals surface area contributed by atoms with Gasteiger partial charge >= 0.3 is 0 Å². The molecule has 4 N–H and O–H groups in total. The average molecular weight is 602 g/mol. The Balaban J connectivity index is 0.000000322. The Kier molecular flexibility index (Phi) is 10.1. The molecule has 2 amide bonds. The van der Waals surface area contributed by atoms with Crippen LogP contribution < -0.4 is 16.4 Å². The van der Waals surface area contributed by atoms with E-state index in [0.29, 0.717) is 29.6 Å². The predicted octanol–water partition coefficient (Wildman–Crippen LogP) is 6.97. The zero-order valence-electron chi connectivity index (χ0n) is 23.1. The van der Waals surface area contributed by atoms with Gasteiger partial charge in [-0.1, -0.05) is 68.2 Å². The number of amides is 2. The van der Waals surface area contributed by atoms with Crippen LogP contribution >= 0.6 is 23.2 Å². The molecule has 0 saturated carbocycles. The second-order valence-electron chi connectivity index (χ2n) is 11.2. The minimum absolute atomic E-state index is 0.0163. The first-order valence-corrected chi connectivity index (χ1v) is 13.7. The maximum absolute atomic E-state index is 15.2. The van der Waals surface area contributed by atoms with Gasteiger partial charge in [0, 0.05) is 39.8 Å². The summed E-state index contributed by atoms with van der Waals surface area (Å²) >= 11 is 12.0. The van der Waals surface area contributed by atoms with Crippen LogP contribution in [0, 0.1) is 28.4 Å². The molecule has 0 spiro atoms. The van der Waals surface area contributed by atoms with Gasteiger partial charge in [-0.15, -0.1) is 0 Å². The molecule has 41 heavy (non-hydrogen) atoms. The van der Waals surface area contributed by atoms with Crippen LogP contribution in [-0.4, -0.2) is 24.4 Å². The normalized spacial score (nSPS) is 21.8. The molecule has 4 atom stereocenters. The quantitative estimate of drug-likeness (QED) is 0.265. The number of nitrogens with zero attached hydrogens (tertiary/aromatic N) is 1. The third-order valence-corrected chi connectivity index (χ3v) is 7.60. The van der Waals surface area contributed by atoms with Crippen LogP contribution in [0.25, 0.3) is 0 Å². The number of primary amides is 1. The van der Waals surface area contributed by atoms with E-state index in [1.807, 2.05) is 6.92 Å². The standard InChI is InChI=1S/C23H24Cl2F2N2.C8H8N2O2/c1-13-20(15-6-5-7-17(25)21(15)27)23(12-28,19(29-13)11-22(2,3)4)16-9-8-14(24)10-18(16)26;9-8(12)6-2-1-3-7(4-6)10-5-11/h5-10,13,19-20,29H,11H2,1-4H3;1-5H,(H2,9,12)(H,10,11)/t13-,19?,20?,23-;/m0./s1. The van der Waals surface area contributed by atoms with Crippen molar-refractivity contribution in [2.75, 3.05) is 5.32 Å². The van der Waals surface area contributed by atoms with Crippen molar-refractivity contribution in [3.8, 4) is 6.07 Å². The number of nitriles is 1. The molecule has 10 heteroatoms. The highest BCUT2D eigenvalue weighted by Crippen LogP contribution is 2.52. The first-order valence-electron chi connectivity index (χ1n) is 12.9. The molecular formula is C31H32Cl2F2N4O2. The van der Waals surface area contributed by atoms with Crippen molar-refractivity contribution in [3.63, 3.8) is 0 Å². The number of benzene rings is 3. The fourth-order valence-electron chi connectivity index (χ4n) is 5.48. The summed E-state index contributed by atoms with van der Waals surface area (Å²) in [4.78, 5) is 20.7. The molecule has 4 rings (SSSR count). The molecule has 1 heterocycles. The summed E-state index contributed by atoms with van der Waals surface area (Å²) in [6, 6.07) is 17.2. The van der Waals surface area contributed by atoms with Crippen LogP contribution in [0.5, 0.6) is 0 Å². The molecule has 2 unspecified atom stereocenters. The van der Waals surface area contributed by atoms with Crippen LogP contribution in [0.2, 0.25) is 10.0 Å². The molecular weight excluding hydrogens is 569 g/mol. The van der Waals surface area contributed by atoms with Crippen molar-refractivity contribution in [2.24, 2.45) is 11.1 Å². The minimum Gasteiger partial charge on any atom is -0.366 e. The van der Waals surface area contributed by atoms with E-state index in [1.165, 1.54) is 18.2 Å². The van der Waals surface area contributed by atoms with Gasteiger partial charge in [-0.05, 0) is 60.7 Å². The number of hydrogen-bond acceptors (Lipinski definition) is 4. The molecule has 3 aromatic rings. The Hall–Kier alpha value is -3.51. The van der Waals surface area contributed by atoms with Gasteiger partial charge in [0.25, 0.3) is 0 Å². The highest BCUT2D eigenvalue weighted by Gasteiger charge is 2.58. The van der Waals surface area contributed by atoms with Crippen molar-refractivity contribution >= 4 is 41.2 Å². The molecule has 0 bridgehead atoms. The third kappa shape index (κ3) is 7.05. The fourth-order valence-corrected chi connectivity index (χ4v) is 5.82. The summed E-state index contributed by atoms with van der Waals surface area (Å²) in [6.07, 6.45) is 1.14. The van der Waals surface area contributed by atoms with Crippen LogP contribution in [-0.2, 0) is 10.2 Å². The Bertz CT molecular complexity index is 1470. The van der Waals surface area contributed by atoms with Crippen LogP contribution in [0.4, 0.5) is 14.5 Å². The number of hydrogen-bond donors (Lipinski definition) is 3. The zero-order valence-corrected chi connectivity index (χ0v) is 24.7. The van der Waals surface area contributed by atoms with Gasteiger partial charge < -0.3 is 16.4 Å². The van der Waals surface area contributed by atoms with Gasteiger partial charge in [0.05, 0.1) is 11.1 Å². The molecule has 6 nitrogen and oxygen atoms in total. The van der Waals surface area contributed by atoms with Crippen molar-refractivity contribution in [1.82, 2.24) is 5.32 Å². The van der Waals surface area contributed by atoms with Crippen molar-refractivity contribution in [3.05, 3.63) is 99.0 Å². The predicted molar refractivity (Wildman–Crippen MR) is 158 cm³/mol. The van der Waals surface area contributed by atoms with E-state index < -0.39 is 28.9 Å². The van der Waals surface area contributed by atoms with E-state index >= 15 is 8.78 Å². The van der Waals surface area contributed by atoms with Crippen molar-refractivity contribution in [1.29, 1.82) is 5.26 Å². The molecule has 1 fully saturated rings. The summed E-state index contributed by atoms with van der Waals surface area (Å²) in [5.74, 6) is -2.28. The summed E-state index contributed by atoms with van der Waals surface area (Å²) < 4.78 is 30.2. The topological polar surface area (TPSA) is 108 Å². The lowest BCUT2D eigenvalue weighted by Gasteiger charge is -2.37. The molecule has 0 radical (unpaired) electrons. The number of halogens is 4. The smallest absolute Gasteiger partial charge is 0.248 e. The van der Waals surface area contributed by atoms with Gasteiger partial charge in [-0.3, -0.25) is 9.59 Å². The van der Waals surface area contributed by atoms with Crippen LogP contribution in [0.3, 0.4) is 0 Å². The van der Waals surface area contributed by atoms with E-state index in [4.69, 9.17) is 28.9 Å². The first-order chi connectivity index (χ1) is 19.2. The summed E-state index contributed by atoms with van der Waals surface area (Å²) in [7, 11) is 0. The highest BCUT2D eigenvalue weighted by molar-refractivity contribution is 6.31. The molecule has 0 aliphatic carbocycles. The highest BCUT2D eigenvalue weighted by atomic mass is 35.5. The molecule has 216 valence electrons. The lowest BCUT2D eigenvalue weighted by Crippen LogP contribution is -2.44. The minimum atomic E-state index is -1.33. The molecule has 1 aliphatic heterocycles. The number of anilines is 1. The maximum Gasteiger partial charge on any atom is 0.248 e. The lowest BCUT2D eigenvalue weighted by atomic mass is 9.63. The summed E-state index contributed by atoms with van der Waals surface area (Å²) in [6.45, 7) is 8.08. The van der Waals surface area contributed by atoms with Crippen molar-refractivity contribution < 1.29 is 18.4 Å². The van der Waals surface area contributed by atoms with Gasteiger partial charge in [0.15, 0.2) is 0 Å². The monoisotopic (exact) mass is 600 g/mol. The largest absolute Gasteiger partial charge is 0.366 e. The number of nitrogens with one attached hydrogen (secondary N) is 2. The zero-order chi connectivity index (χ0) is 30.5. The molecule has 1 saturated heterocycles. The van der Waals surface area contributed by atoms with Gasteiger partial charge in [-0.2, -0.15) is 5.26 Å². The number of carbonyl (C=O) groups excluding carboxylic acids is 2. The van der Waals surface area contributed by atoms with Crippen LogP contribution in [0.15, 0.2) is 60.7 Å². The number of carbonyl (C=O) groups is 2. The van der Waals surface area contributed by atoms with E-state index in [2.05, 4.69) is 37.5 Å². The van der Waals surface area contributed by atoms with E-state index in [1.54, 1.807) is 42.5 Å². The Morgan fingerprint density at radius 2 is 1.83 bits per heavy atom. The Morgan fingerprint density at radius 1 is 1.15 bits per heavy atom. The van der Waals surface area contributed by atoms with Crippen molar-refractivity contribution in [2.45, 2.75) is 57.5 Å². The number of rotatable bonds is 6. The van der Waals surface area contributed by atoms with E-state index in [9.17, 15) is 14.9 Å². The number of nitrogens with two attached hydrogens (primary N) is 1. The second kappa shape index (κ2) is 13.0. The molecule has 3 aromatic carbocycles. The van der Waals surface area contributed by atoms with Gasteiger partial charge in [0.2, 0.25) is 12.3 Å². The summed E-state index contributed by atoms with van der Waals surface area (Å²) in [5.41, 5.74) is 5.03. The summed E-state index contributed by atoms with van der Waals surface area (Å²) in [5, 5.41) is 16.6. The third-order valence-electron chi connectivity index (χ3n) is 7.07. The Labute approximate surface area is 248 Å². The van der Waals surface area contributed by atoms with E-state index in [0.717, 1.165) is 0 Å². The molecule has 0 aromatic heterocycles. The van der Waals surface area contributed by atoms with Gasteiger partial charge in [0.1, 0.15) is 17.0 Å². The fraction of sp³-hybridized carbons (Fsp3) is 0.323. The Morgan fingerprint density at radius 3 is 2.41 bits per heavy atom. The average Bonchev–Trinajstić information content (AvgIpc) is 3.16. The lowest BCUT2D eigenvalue weighted by molar-refractivity contribution is -0.105. The maximum atomic E-state index is 15.2. The first kappa shape index (κ1) is 32.0. The SMILES string of the molecule is C[C@@H]1NC(CC(C)(C)C)[C@](C#N)(c2ccc(Cl)cc2F)C1c1cccc(Cl)c1F.NC(=O)c1cccc(NC=O)c1. The molecule has 1 aliphatic rings. The van der Waals surface area contributed by atoms with Crippen LogP contribution in [0.1, 0.15) is 61.5 Å². The second-order valence-corrected chi connectivity index (χ2v) is 12.0. The van der Waals surface area contributed by atoms with Gasteiger partial charge in [-0.25, -0.2) is 8.78 Å². The van der Waals surface area contributed by atoms with E-state index in [-0.39, 0.29) is 33.1 Å².